The molecular weight excluding hydrogens is 322 g/mol. The van der Waals surface area contributed by atoms with Crippen LogP contribution in [0.2, 0.25) is 5.02 Å². The first kappa shape index (κ1) is 15.4. The van der Waals surface area contributed by atoms with Crippen molar-refractivity contribution < 1.29 is 9.53 Å². The predicted molar refractivity (Wildman–Crippen MR) is 86.5 cm³/mol. The molecule has 1 aliphatic carbocycles. The molecule has 0 spiro atoms. The lowest BCUT2D eigenvalue weighted by atomic mass is 9.99. The van der Waals surface area contributed by atoms with Crippen LogP contribution in [0.4, 0.5) is 0 Å². The number of thioether (sulfide) groups is 1. The molecular formula is C15H16ClN3O2S. The summed E-state index contributed by atoms with van der Waals surface area (Å²) in [6, 6.07) is 5.33. The van der Waals surface area contributed by atoms with Gasteiger partial charge in [0.25, 0.3) is 0 Å². The molecule has 1 N–H and O–H groups in total. The van der Waals surface area contributed by atoms with Crippen molar-refractivity contribution in [2.24, 2.45) is 0 Å². The first-order valence-electron chi connectivity index (χ1n) is 7.13. The second kappa shape index (κ2) is 6.71. The van der Waals surface area contributed by atoms with Crippen LogP contribution < -0.4 is 4.74 Å². The van der Waals surface area contributed by atoms with Crippen molar-refractivity contribution in [3.05, 3.63) is 23.2 Å². The van der Waals surface area contributed by atoms with Crippen molar-refractivity contribution in [3.8, 4) is 17.1 Å². The monoisotopic (exact) mass is 337 g/mol. The van der Waals surface area contributed by atoms with Gasteiger partial charge in [0.15, 0.2) is 5.82 Å². The zero-order valence-corrected chi connectivity index (χ0v) is 13.7. The van der Waals surface area contributed by atoms with Crippen LogP contribution in [0, 0.1) is 0 Å². The van der Waals surface area contributed by atoms with E-state index in [2.05, 4.69) is 15.2 Å². The second-order valence-corrected chi connectivity index (χ2v) is 6.74. The SMILES string of the molecule is COc1ccc(Cl)cc1-c1nc(S[C@@H]2CCCCC2=O)n[nH]1. The van der Waals surface area contributed by atoms with Crippen molar-refractivity contribution in [1.29, 1.82) is 0 Å². The van der Waals surface area contributed by atoms with Gasteiger partial charge in [-0.2, -0.15) is 0 Å². The fourth-order valence-corrected chi connectivity index (χ4v) is 3.69. The molecule has 1 aliphatic rings. The van der Waals surface area contributed by atoms with Gasteiger partial charge in [-0.3, -0.25) is 9.89 Å². The highest BCUT2D eigenvalue weighted by Gasteiger charge is 2.25. The van der Waals surface area contributed by atoms with Crippen molar-refractivity contribution in [2.45, 2.75) is 36.1 Å². The molecule has 116 valence electrons. The van der Waals surface area contributed by atoms with Gasteiger partial charge < -0.3 is 4.74 Å². The van der Waals surface area contributed by atoms with E-state index in [1.165, 1.54) is 11.8 Å². The summed E-state index contributed by atoms with van der Waals surface area (Å²) in [5.41, 5.74) is 0.754. The Labute approximate surface area is 137 Å². The lowest BCUT2D eigenvalue weighted by molar-refractivity contribution is -0.119. The number of aromatic nitrogens is 3. The Bertz CT molecular complexity index is 689. The average molecular weight is 338 g/mol. The average Bonchev–Trinajstić information content (AvgIpc) is 2.98. The van der Waals surface area contributed by atoms with Gasteiger partial charge in [0.05, 0.1) is 17.9 Å². The molecule has 0 saturated heterocycles. The molecule has 1 atom stereocenters. The molecule has 2 aromatic rings. The molecule has 1 aromatic carbocycles. The molecule has 0 unspecified atom stereocenters. The maximum atomic E-state index is 11.9. The van der Waals surface area contributed by atoms with Gasteiger partial charge in [0, 0.05) is 11.4 Å². The number of aromatic amines is 1. The molecule has 22 heavy (non-hydrogen) atoms. The number of ether oxygens (including phenoxy) is 1. The summed E-state index contributed by atoms with van der Waals surface area (Å²) in [6.07, 6.45) is 3.64. The van der Waals surface area contributed by atoms with Crippen LogP contribution in [0.25, 0.3) is 11.4 Å². The van der Waals surface area contributed by atoms with Gasteiger partial charge in [0.1, 0.15) is 11.5 Å². The highest BCUT2D eigenvalue weighted by Crippen LogP contribution is 2.33. The number of nitrogens with one attached hydrogen (secondary N) is 1. The number of H-pyrrole nitrogens is 1. The summed E-state index contributed by atoms with van der Waals surface area (Å²) < 4.78 is 5.32. The third-order valence-electron chi connectivity index (χ3n) is 3.63. The molecule has 0 aliphatic heterocycles. The lowest BCUT2D eigenvalue weighted by Gasteiger charge is -2.17. The van der Waals surface area contributed by atoms with Crippen molar-refractivity contribution in [3.63, 3.8) is 0 Å². The van der Waals surface area contributed by atoms with E-state index < -0.39 is 0 Å². The standard InChI is InChI=1S/C15H16ClN3O2S/c1-21-12-7-6-9(16)8-10(12)14-17-15(19-18-14)22-13-5-3-2-4-11(13)20/h6-8,13H,2-5H2,1H3,(H,17,18,19)/t13-/m1/s1. The summed E-state index contributed by atoms with van der Waals surface area (Å²) in [5.74, 6) is 1.55. The summed E-state index contributed by atoms with van der Waals surface area (Å²) >= 11 is 7.47. The molecule has 1 aromatic heterocycles. The van der Waals surface area contributed by atoms with Gasteiger partial charge in [-0.25, -0.2) is 4.98 Å². The number of hydrogen-bond donors (Lipinski definition) is 1. The molecule has 0 radical (unpaired) electrons. The molecule has 3 rings (SSSR count). The molecule has 5 nitrogen and oxygen atoms in total. The van der Waals surface area contributed by atoms with E-state index in [0.717, 1.165) is 24.8 Å². The zero-order chi connectivity index (χ0) is 15.5. The summed E-state index contributed by atoms with van der Waals surface area (Å²) in [7, 11) is 1.60. The quantitative estimate of drug-likeness (QED) is 0.920. The normalized spacial score (nSPS) is 18.5. The van der Waals surface area contributed by atoms with Crippen molar-refractivity contribution in [1.82, 2.24) is 15.2 Å². The van der Waals surface area contributed by atoms with Gasteiger partial charge in [-0.15, -0.1) is 5.10 Å². The Balaban J connectivity index is 1.82. The fraction of sp³-hybridized carbons (Fsp3) is 0.400. The van der Waals surface area contributed by atoms with Crippen molar-refractivity contribution in [2.75, 3.05) is 7.11 Å². The number of carbonyl (C=O) groups excluding carboxylic acids is 1. The number of Topliss-reactive ketones (excluding diaryl/α,β-unsaturated/α-hetero) is 1. The van der Waals surface area contributed by atoms with Crippen LogP contribution in [0.15, 0.2) is 23.4 Å². The van der Waals surface area contributed by atoms with E-state index in [1.807, 2.05) is 0 Å². The Morgan fingerprint density at radius 1 is 1.41 bits per heavy atom. The Hall–Kier alpha value is -1.53. The first-order chi connectivity index (χ1) is 10.7. The Morgan fingerprint density at radius 3 is 3.05 bits per heavy atom. The third kappa shape index (κ3) is 3.28. The summed E-state index contributed by atoms with van der Waals surface area (Å²) in [5, 5.41) is 8.25. The Kier molecular flexibility index (Phi) is 4.69. The predicted octanol–water partition coefficient (Wildman–Crippen LogP) is 3.74. The van der Waals surface area contributed by atoms with Crippen molar-refractivity contribution >= 4 is 29.1 Å². The van der Waals surface area contributed by atoms with Crippen LogP contribution in [-0.4, -0.2) is 33.3 Å². The van der Waals surface area contributed by atoms with Gasteiger partial charge >= 0.3 is 0 Å². The lowest BCUT2D eigenvalue weighted by Crippen LogP contribution is -2.21. The topological polar surface area (TPSA) is 67.9 Å². The minimum Gasteiger partial charge on any atom is -0.496 e. The van der Waals surface area contributed by atoms with Crippen LogP contribution in [0.5, 0.6) is 5.75 Å². The number of halogens is 1. The fourth-order valence-electron chi connectivity index (χ4n) is 2.49. The highest BCUT2D eigenvalue weighted by atomic mass is 35.5. The van der Waals surface area contributed by atoms with E-state index in [1.54, 1.807) is 25.3 Å². The van der Waals surface area contributed by atoms with E-state index in [9.17, 15) is 4.79 Å². The smallest absolute Gasteiger partial charge is 0.209 e. The van der Waals surface area contributed by atoms with Gasteiger partial charge in [0.2, 0.25) is 5.16 Å². The molecule has 0 bridgehead atoms. The molecule has 7 heteroatoms. The summed E-state index contributed by atoms with van der Waals surface area (Å²) in [4.78, 5) is 16.4. The largest absolute Gasteiger partial charge is 0.496 e. The minimum atomic E-state index is -0.0290. The van der Waals surface area contributed by atoms with E-state index in [0.29, 0.717) is 34.0 Å². The van der Waals surface area contributed by atoms with E-state index in [-0.39, 0.29) is 5.25 Å². The maximum absolute atomic E-state index is 11.9. The molecule has 1 fully saturated rings. The van der Waals surface area contributed by atoms with Crippen LogP contribution in [-0.2, 0) is 4.79 Å². The summed E-state index contributed by atoms with van der Waals surface area (Å²) in [6.45, 7) is 0. The second-order valence-electron chi connectivity index (χ2n) is 5.13. The number of benzene rings is 1. The van der Waals surface area contributed by atoms with Gasteiger partial charge in [-0.05, 0) is 31.0 Å². The van der Waals surface area contributed by atoms with E-state index in [4.69, 9.17) is 16.3 Å². The number of hydrogen-bond acceptors (Lipinski definition) is 5. The minimum absolute atomic E-state index is 0.0290. The van der Waals surface area contributed by atoms with Crippen LogP contribution >= 0.6 is 23.4 Å². The highest BCUT2D eigenvalue weighted by molar-refractivity contribution is 8.00. The third-order valence-corrected chi connectivity index (χ3v) is 5.04. The zero-order valence-electron chi connectivity index (χ0n) is 12.1. The number of methoxy groups -OCH3 is 1. The van der Waals surface area contributed by atoms with Crippen LogP contribution in [0.1, 0.15) is 25.7 Å². The molecule has 0 amide bonds. The first-order valence-corrected chi connectivity index (χ1v) is 8.39. The van der Waals surface area contributed by atoms with Crippen LogP contribution in [0.3, 0.4) is 0 Å². The Morgan fingerprint density at radius 2 is 2.27 bits per heavy atom. The van der Waals surface area contributed by atoms with Gasteiger partial charge in [-0.1, -0.05) is 29.8 Å². The number of rotatable bonds is 4. The number of nitrogens with zero attached hydrogens (tertiary/aromatic N) is 2. The molecule has 1 heterocycles. The van der Waals surface area contributed by atoms with E-state index >= 15 is 0 Å². The number of ketones is 1. The number of carbonyl (C=O) groups is 1. The molecule has 1 saturated carbocycles. The maximum Gasteiger partial charge on any atom is 0.209 e.